The average molecular weight is 453 g/mol. The summed E-state index contributed by atoms with van der Waals surface area (Å²) in [5.41, 5.74) is 3.01. The predicted molar refractivity (Wildman–Crippen MR) is 123 cm³/mol. The Bertz CT molecular complexity index is 1100. The smallest absolute Gasteiger partial charge is 0.282 e. The predicted octanol–water partition coefficient (Wildman–Crippen LogP) is 5.20. The van der Waals surface area contributed by atoms with Crippen molar-refractivity contribution in [1.29, 1.82) is 5.26 Å². The second-order valence-electron chi connectivity index (χ2n) is 6.76. The number of nitrogens with zero attached hydrogens (tertiary/aromatic N) is 3. The summed E-state index contributed by atoms with van der Waals surface area (Å²) < 4.78 is 5.64. The van der Waals surface area contributed by atoms with Crippen molar-refractivity contribution in [3.8, 4) is 11.8 Å². The number of hydrogen-bond acceptors (Lipinski definition) is 6. The highest BCUT2D eigenvalue weighted by molar-refractivity contribution is 7.15. The number of benzene rings is 2. The first-order chi connectivity index (χ1) is 15.0. The number of halogens is 1. The molecule has 0 aliphatic rings. The van der Waals surface area contributed by atoms with Crippen LogP contribution in [0.25, 0.3) is 11.1 Å². The molecule has 0 aliphatic carbocycles. The van der Waals surface area contributed by atoms with Crippen molar-refractivity contribution < 1.29 is 9.53 Å². The van der Waals surface area contributed by atoms with Gasteiger partial charge >= 0.3 is 0 Å². The third-order valence-electron chi connectivity index (χ3n) is 4.25. The minimum absolute atomic E-state index is 0.253. The van der Waals surface area contributed by atoms with E-state index >= 15 is 0 Å². The van der Waals surface area contributed by atoms with Gasteiger partial charge in [0, 0.05) is 13.0 Å². The molecule has 0 spiro atoms. The minimum atomic E-state index is -0.290. The van der Waals surface area contributed by atoms with E-state index in [4.69, 9.17) is 21.6 Å². The van der Waals surface area contributed by atoms with Crippen molar-refractivity contribution in [2.75, 3.05) is 6.61 Å². The second kappa shape index (κ2) is 11.3. The minimum Gasteiger partial charge on any atom is -0.494 e. The highest BCUT2D eigenvalue weighted by atomic mass is 35.5. The van der Waals surface area contributed by atoms with Crippen molar-refractivity contribution in [2.45, 2.75) is 26.3 Å². The number of aromatic nitrogens is 2. The van der Waals surface area contributed by atoms with Crippen LogP contribution in [-0.2, 0) is 6.54 Å². The Hall–Kier alpha value is -3.21. The highest BCUT2D eigenvalue weighted by Gasteiger charge is 2.14. The third-order valence-corrected chi connectivity index (χ3v) is 5.61. The maximum Gasteiger partial charge on any atom is 0.282 e. The largest absolute Gasteiger partial charge is 0.494 e. The van der Waals surface area contributed by atoms with Crippen LogP contribution in [0.3, 0.4) is 0 Å². The van der Waals surface area contributed by atoms with E-state index in [-0.39, 0.29) is 10.9 Å². The quantitative estimate of drug-likeness (QED) is 0.451. The Labute approximate surface area is 190 Å². The van der Waals surface area contributed by atoms with Gasteiger partial charge in [-0.1, -0.05) is 64.9 Å². The number of nitrogens with one attached hydrogen (secondary N) is 1. The van der Waals surface area contributed by atoms with Gasteiger partial charge in [-0.05, 0) is 42.7 Å². The number of aryl methyl sites for hydroxylation is 1. The zero-order valence-corrected chi connectivity index (χ0v) is 18.5. The summed E-state index contributed by atoms with van der Waals surface area (Å²) in [6.07, 6.45) is 2.89. The number of carbonyl (C=O) groups excluding carboxylic acids is 1. The Balaban J connectivity index is 1.60. The van der Waals surface area contributed by atoms with Crippen LogP contribution in [0.4, 0.5) is 0 Å². The maximum atomic E-state index is 12.4. The summed E-state index contributed by atoms with van der Waals surface area (Å²) in [4.78, 5) is 12.4. The topological polar surface area (TPSA) is 87.9 Å². The highest BCUT2D eigenvalue weighted by Crippen LogP contribution is 2.26. The number of rotatable bonds is 9. The lowest BCUT2D eigenvalue weighted by Gasteiger charge is -2.05. The third kappa shape index (κ3) is 6.92. The Morgan fingerprint density at radius 2 is 2.00 bits per heavy atom. The van der Waals surface area contributed by atoms with E-state index in [9.17, 15) is 4.79 Å². The average Bonchev–Trinajstić information content (AvgIpc) is 3.27. The zero-order valence-electron chi connectivity index (χ0n) is 17.0. The van der Waals surface area contributed by atoms with E-state index < -0.39 is 0 Å². The first kappa shape index (κ1) is 22.5. The van der Waals surface area contributed by atoms with E-state index in [0.29, 0.717) is 41.8 Å². The SMILES string of the molecule is Cc1ccc(CNC(=O)c2nnc(/C(Cl)=C/c3cccc(OCCCC#N)c3)s2)cc1. The Kier molecular flexibility index (Phi) is 8.16. The van der Waals surface area contributed by atoms with Crippen LogP contribution in [0.1, 0.15) is 44.3 Å². The van der Waals surface area contributed by atoms with Gasteiger partial charge in [0.2, 0.25) is 5.01 Å². The summed E-state index contributed by atoms with van der Waals surface area (Å²) in [5, 5.41) is 20.5. The molecular formula is C23H21ClN4O2S. The van der Waals surface area contributed by atoms with Gasteiger partial charge in [0.05, 0.1) is 17.7 Å². The van der Waals surface area contributed by atoms with Crippen molar-refractivity contribution in [1.82, 2.24) is 15.5 Å². The number of nitriles is 1. The van der Waals surface area contributed by atoms with Crippen LogP contribution >= 0.6 is 22.9 Å². The van der Waals surface area contributed by atoms with Crippen LogP contribution in [0.5, 0.6) is 5.75 Å². The van der Waals surface area contributed by atoms with Crippen molar-refractivity contribution in [3.05, 3.63) is 75.2 Å². The van der Waals surface area contributed by atoms with Gasteiger partial charge in [-0.2, -0.15) is 5.26 Å². The molecule has 3 rings (SSSR count). The van der Waals surface area contributed by atoms with Gasteiger partial charge in [-0.15, -0.1) is 10.2 Å². The lowest BCUT2D eigenvalue weighted by atomic mass is 10.1. The lowest BCUT2D eigenvalue weighted by Crippen LogP contribution is -2.22. The molecule has 2 aromatic carbocycles. The standard InChI is InChI=1S/C23H21ClN4O2S/c1-16-7-9-17(10-8-16)15-26-21(29)23-28-27-22(31-23)20(24)14-18-5-4-6-19(13-18)30-12-3-2-11-25/h4-10,13-14H,2-3,12,15H2,1H3,(H,26,29)/b20-14-. The van der Waals surface area contributed by atoms with Crippen LogP contribution in [0.15, 0.2) is 48.5 Å². The molecule has 0 unspecified atom stereocenters. The van der Waals surface area contributed by atoms with Crippen molar-refractivity contribution in [2.24, 2.45) is 0 Å². The fourth-order valence-electron chi connectivity index (χ4n) is 2.62. The number of ether oxygens (including phenoxy) is 1. The summed E-state index contributed by atoms with van der Waals surface area (Å²) in [5.74, 6) is 0.408. The molecule has 1 heterocycles. The number of unbranched alkanes of at least 4 members (excludes halogenated alkanes) is 1. The molecule has 0 bridgehead atoms. The normalized spacial score (nSPS) is 11.1. The van der Waals surface area contributed by atoms with Gasteiger partial charge in [0.15, 0.2) is 5.01 Å². The Morgan fingerprint density at radius 3 is 2.77 bits per heavy atom. The van der Waals surface area contributed by atoms with E-state index in [1.807, 2.05) is 55.5 Å². The first-order valence-corrected chi connectivity index (χ1v) is 10.9. The molecule has 1 aromatic heterocycles. The molecule has 8 heteroatoms. The number of carbonyl (C=O) groups is 1. The Morgan fingerprint density at radius 1 is 1.23 bits per heavy atom. The molecule has 0 saturated heterocycles. The van der Waals surface area contributed by atoms with Gasteiger partial charge in [0.25, 0.3) is 5.91 Å². The summed E-state index contributed by atoms with van der Waals surface area (Å²) in [6, 6.07) is 17.5. The van der Waals surface area contributed by atoms with Crippen LogP contribution < -0.4 is 10.1 Å². The van der Waals surface area contributed by atoms with E-state index in [0.717, 1.165) is 22.5 Å². The van der Waals surface area contributed by atoms with Crippen LogP contribution in [-0.4, -0.2) is 22.7 Å². The number of hydrogen-bond donors (Lipinski definition) is 1. The van der Waals surface area contributed by atoms with E-state index in [1.165, 1.54) is 5.56 Å². The molecule has 3 aromatic rings. The monoisotopic (exact) mass is 452 g/mol. The molecule has 0 radical (unpaired) electrons. The van der Waals surface area contributed by atoms with Gasteiger partial charge < -0.3 is 10.1 Å². The maximum absolute atomic E-state index is 12.4. The number of amides is 1. The van der Waals surface area contributed by atoms with E-state index in [2.05, 4.69) is 21.6 Å². The zero-order chi connectivity index (χ0) is 22.1. The molecule has 6 nitrogen and oxygen atoms in total. The molecule has 0 fully saturated rings. The summed E-state index contributed by atoms with van der Waals surface area (Å²) in [7, 11) is 0. The van der Waals surface area contributed by atoms with Gasteiger partial charge in [-0.3, -0.25) is 4.79 Å². The fraction of sp³-hybridized carbons (Fsp3) is 0.217. The first-order valence-electron chi connectivity index (χ1n) is 9.70. The molecule has 0 atom stereocenters. The van der Waals surface area contributed by atoms with Crippen molar-refractivity contribution >= 4 is 40.0 Å². The van der Waals surface area contributed by atoms with Crippen LogP contribution in [0.2, 0.25) is 0 Å². The molecule has 1 amide bonds. The van der Waals surface area contributed by atoms with Crippen LogP contribution in [0, 0.1) is 18.3 Å². The molecule has 158 valence electrons. The van der Waals surface area contributed by atoms with Gasteiger partial charge in [-0.25, -0.2) is 0 Å². The second-order valence-corrected chi connectivity index (χ2v) is 8.14. The lowest BCUT2D eigenvalue weighted by molar-refractivity contribution is 0.0950. The molecule has 0 aliphatic heterocycles. The molecule has 1 N–H and O–H groups in total. The molecule has 0 saturated carbocycles. The fourth-order valence-corrected chi connectivity index (χ4v) is 3.57. The van der Waals surface area contributed by atoms with Crippen molar-refractivity contribution in [3.63, 3.8) is 0 Å². The summed E-state index contributed by atoms with van der Waals surface area (Å²) in [6.45, 7) is 2.91. The molecule has 31 heavy (non-hydrogen) atoms. The van der Waals surface area contributed by atoms with E-state index in [1.54, 1.807) is 6.08 Å². The molecular weight excluding hydrogens is 432 g/mol. The summed E-state index contributed by atoms with van der Waals surface area (Å²) >= 11 is 7.54. The van der Waals surface area contributed by atoms with Gasteiger partial charge in [0.1, 0.15) is 5.75 Å².